The predicted molar refractivity (Wildman–Crippen MR) is 108 cm³/mol. The molecule has 1 N–H and O–H groups in total. The zero-order chi connectivity index (χ0) is 20.4. The molecule has 0 amide bonds. The second-order valence-corrected chi connectivity index (χ2v) is 6.50. The van der Waals surface area contributed by atoms with Crippen LogP contribution in [0.3, 0.4) is 0 Å². The number of hydrogen-bond acceptors (Lipinski definition) is 5. The summed E-state index contributed by atoms with van der Waals surface area (Å²) in [6.07, 6.45) is 1.31. The molecule has 3 aromatic rings. The lowest BCUT2D eigenvalue weighted by atomic mass is 10.2. The number of nitrogens with one attached hydrogen (secondary N) is 1. The summed E-state index contributed by atoms with van der Waals surface area (Å²) in [6, 6.07) is 9.58. The number of aromatic nitrogens is 2. The first-order valence-electron chi connectivity index (χ1n) is 8.26. The van der Waals surface area contributed by atoms with Crippen molar-refractivity contribution in [3.8, 4) is 11.4 Å². The predicted octanol–water partition coefficient (Wildman–Crippen LogP) is 4.10. The van der Waals surface area contributed by atoms with Gasteiger partial charge in [-0.15, -0.1) is 0 Å². The van der Waals surface area contributed by atoms with E-state index in [1.165, 1.54) is 30.1 Å². The van der Waals surface area contributed by atoms with Gasteiger partial charge in [-0.2, -0.15) is 0 Å². The fraction of sp³-hybridized carbons (Fsp3) is 0.158. The van der Waals surface area contributed by atoms with E-state index in [0.717, 1.165) is 5.56 Å². The highest BCUT2D eigenvalue weighted by molar-refractivity contribution is 6.31. The largest absolute Gasteiger partial charge is 0.496 e. The third kappa shape index (κ3) is 3.67. The molecule has 0 bridgehead atoms. The molecule has 0 aliphatic heterocycles. The van der Waals surface area contributed by atoms with E-state index in [-0.39, 0.29) is 16.9 Å². The lowest BCUT2D eigenvalue weighted by Crippen LogP contribution is -2.17. The van der Waals surface area contributed by atoms with Gasteiger partial charge in [0, 0.05) is 16.9 Å². The van der Waals surface area contributed by atoms with Crippen LogP contribution in [0.1, 0.15) is 16.8 Å². The molecular formula is C19H17ClN4O4. The Morgan fingerprint density at radius 3 is 2.64 bits per heavy atom. The number of hydrogen-bond donors (Lipinski definition) is 1. The molecule has 2 aromatic carbocycles. The Hall–Kier alpha value is -3.39. The van der Waals surface area contributed by atoms with E-state index in [1.54, 1.807) is 25.1 Å². The summed E-state index contributed by atoms with van der Waals surface area (Å²) in [5.74, 6) is 0.349. The van der Waals surface area contributed by atoms with E-state index >= 15 is 0 Å². The smallest absolute Gasteiger partial charge is 0.298 e. The maximum atomic E-state index is 12.8. The molecule has 144 valence electrons. The molecule has 0 spiro atoms. The van der Waals surface area contributed by atoms with Crippen molar-refractivity contribution in [1.29, 1.82) is 0 Å². The molecule has 0 fully saturated rings. The van der Waals surface area contributed by atoms with Gasteiger partial charge in [-0.3, -0.25) is 20.0 Å². The molecule has 0 aliphatic carbocycles. The zero-order valence-electron chi connectivity index (χ0n) is 15.4. The third-order valence-corrected chi connectivity index (χ3v) is 4.65. The fourth-order valence-electron chi connectivity index (χ4n) is 2.63. The Morgan fingerprint density at radius 1 is 1.25 bits per heavy atom. The lowest BCUT2D eigenvalue weighted by molar-refractivity contribution is -0.384. The molecule has 0 atom stereocenters. The lowest BCUT2D eigenvalue weighted by Gasteiger charge is -2.04. The summed E-state index contributed by atoms with van der Waals surface area (Å²) in [7, 11) is 1.42. The fourth-order valence-corrected chi connectivity index (χ4v) is 2.81. The van der Waals surface area contributed by atoms with Crippen LogP contribution in [0, 0.1) is 24.0 Å². The number of nitro groups is 1. The quantitative estimate of drug-likeness (QED) is 0.395. The normalized spacial score (nSPS) is 11.1. The topological polar surface area (TPSA) is 103 Å². The van der Waals surface area contributed by atoms with Crippen molar-refractivity contribution >= 4 is 29.2 Å². The van der Waals surface area contributed by atoms with Crippen LogP contribution in [0.4, 0.5) is 11.4 Å². The molecule has 9 heteroatoms. The summed E-state index contributed by atoms with van der Waals surface area (Å²) in [5, 5.41) is 14.8. The number of halogens is 1. The highest BCUT2D eigenvalue weighted by atomic mass is 35.5. The number of ether oxygens (including phenoxy) is 1. The van der Waals surface area contributed by atoms with Crippen molar-refractivity contribution in [3.05, 3.63) is 78.7 Å². The van der Waals surface area contributed by atoms with Crippen molar-refractivity contribution in [3.63, 3.8) is 0 Å². The first-order chi connectivity index (χ1) is 13.3. The third-order valence-electron chi connectivity index (χ3n) is 4.24. The molecule has 0 saturated heterocycles. The van der Waals surface area contributed by atoms with Crippen LogP contribution < -0.4 is 10.3 Å². The molecule has 1 aromatic heterocycles. The van der Waals surface area contributed by atoms with Crippen molar-refractivity contribution in [2.24, 2.45) is 4.99 Å². The average molecular weight is 401 g/mol. The van der Waals surface area contributed by atoms with Gasteiger partial charge in [0.25, 0.3) is 11.2 Å². The minimum atomic E-state index is -0.550. The van der Waals surface area contributed by atoms with Crippen LogP contribution in [0.5, 0.6) is 5.75 Å². The second-order valence-electron chi connectivity index (χ2n) is 6.09. The number of rotatable bonds is 5. The van der Waals surface area contributed by atoms with Gasteiger partial charge in [-0.25, -0.2) is 9.67 Å². The Balaban J connectivity index is 2.02. The maximum Gasteiger partial charge on any atom is 0.298 e. The van der Waals surface area contributed by atoms with Gasteiger partial charge < -0.3 is 4.74 Å². The van der Waals surface area contributed by atoms with E-state index in [2.05, 4.69) is 10.1 Å². The van der Waals surface area contributed by atoms with Crippen LogP contribution in [0.25, 0.3) is 5.69 Å². The van der Waals surface area contributed by atoms with Crippen LogP contribution in [0.15, 0.2) is 46.2 Å². The van der Waals surface area contributed by atoms with Crippen molar-refractivity contribution < 1.29 is 9.66 Å². The van der Waals surface area contributed by atoms with Gasteiger partial charge in [0.15, 0.2) is 0 Å². The van der Waals surface area contributed by atoms with Gasteiger partial charge in [0.05, 0.1) is 29.4 Å². The van der Waals surface area contributed by atoms with Crippen molar-refractivity contribution in [1.82, 2.24) is 9.78 Å². The van der Waals surface area contributed by atoms with E-state index in [9.17, 15) is 14.9 Å². The number of aliphatic imine (C=N–C) groups is 1. The SMILES string of the molecule is COc1ccc(N=Cc2c(C)[nH]n(-c3ccc(C)c(Cl)c3)c2=O)c([N+](=O)[O-])c1. The molecule has 0 radical (unpaired) electrons. The van der Waals surface area contributed by atoms with Gasteiger partial charge >= 0.3 is 0 Å². The van der Waals surface area contributed by atoms with E-state index in [1.807, 2.05) is 13.0 Å². The monoisotopic (exact) mass is 400 g/mol. The number of aromatic amines is 1. The Kier molecular flexibility index (Phi) is 5.32. The zero-order valence-corrected chi connectivity index (χ0v) is 16.1. The van der Waals surface area contributed by atoms with Gasteiger partial charge in [0.1, 0.15) is 11.4 Å². The molecule has 0 saturated carbocycles. The van der Waals surface area contributed by atoms with Gasteiger partial charge in [0.2, 0.25) is 0 Å². The molecule has 3 rings (SSSR count). The highest BCUT2D eigenvalue weighted by Crippen LogP contribution is 2.31. The minimum Gasteiger partial charge on any atom is -0.496 e. The summed E-state index contributed by atoms with van der Waals surface area (Å²) in [4.78, 5) is 27.6. The van der Waals surface area contributed by atoms with Crippen LogP contribution in [0.2, 0.25) is 5.02 Å². The number of methoxy groups -OCH3 is 1. The molecular weight excluding hydrogens is 384 g/mol. The van der Waals surface area contributed by atoms with E-state index in [0.29, 0.717) is 27.7 Å². The first-order valence-corrected chi connectivity index (χ1v) is 8.64. The number of nitrogens with zero attached hydrogens (tertiary/aromatic N) is 3. The highest BCUT2D eigenvalue weighted by Gasteiger charge is 2.16. The number of H-pyrrole nitrogens is 1. The number of benzene rings is 2. The molecule has 8 nitrogen and oxygen atoms in total. The van der Waals surface area contributed by atoms with Gasteiger partial charge in [-0.05, 0) is 43.7 Å². The van der Waals surface area contributed by atoms with Gasteiger partial charge in [-0.1, -0.05) is 17.7 Å². The first kappa shape index (κ1) is 19.4. The summed E-state index contributed by atoms with van der Waals surface area (Å²) >= 11 is 6.15. The Morgan fingerprint density at radius 2 is 2.00 bits per heavy atom. The maximum absolute atomic E-state index is 12.8. The molecule has 28 heavy (non-hydrogen) atoms. The Labute approximate surface area is 165 Å². The van der Waals surface area contributed by atoms with Crippen LogP contribution >= 0.6 is 11.6 Å². The second kappa shape index (κ2) is 7.69. The Bertz CT molecular complexity index is 1150. The molecule has 1 heterocycles. The number of nitro benzene ring substituents is 1. The van der Waals surface area contributed by atoms with Crippen molar-refractivity contribution in [2.45, 2.75) is 13.8 Å². The van der Waals surface area contributed by atoms with E-state index < -0.39 is 4.92 Å². The molecule has 0 unspecified atom stereocenters. The summed E-state index contributed by atoms with van der Waals surface area (Å²) < 4.78 is 6.36. The minimum absolute atomic E-state index is 0.121. The van der Waals surface area contributed by atoms with E-state index in [4.69, 9.17) is 16.3 Å². The van der Waals surface area contributed by atoms with Crippen LogP contribution in [-0.2, 0) is 0 Å². The number of aryl methyl sites for hydroxylation is 2. The van der Waals surface area contributed by atoms with Crippen molar-refractivity contribution in [2.75, 3.05) is 7.11 Å². The summed E-state index contributed by atoms with van der Waals surface area (Å²) in [6.45, 7) is 3.59. The standard InChI is InChI=1S/C19H17ClN4O4/c1-11-4-5-13(8-16(11)20)23-19(25)15(12(2)22-23)10-21-17-7-6-14(28-3)9-18(17)24(26)27/h4-10,22H,1-3H3. The molecule has 0 aliphatic rings. The summed E-state index contributed by atoms with van der Waals surface area (Å²) in [5.41, 5.74) is 1.92. The van der Waals surface area contributed by atoms with Crippen LogP contribution in [-0.4, -0.2) is 28.0 Å². The average Bonchev–Trinajstić information content (AvgIpc) is 2.96.